The Morgan fingerprint density at radius 1 is 1.65 bits per heavy atom. The summed E-state index contributed by atoms with van der Waals surface area (Å²) in [5.74, 6) is 0.00968. The first-order chi connectivity index (χ1) is 8.09. The summed E-state index contributed by atoms with van der Waals surface area (Å²) in [5.41, 5.74) is 0.647. The molecule has 1 aliphatic rings. The number of likely N-dealkylation sites (N-methyl/N-ethyl adjacent to an activating group) is 1. The predicted octanol–water partition coefficient (Wildman–Crippen LogP) is 2.09. The van der Waals surface area contributed by atoms with Crippen LogP contribution in [-0.2, 0) is 4.74 Å². The summed E-state index contributed by atoms with van der Waals surface area (Å²) < 4.78 is 6.15. The maximum atomic E-state index is 12.3. The number of aromatic nitrogens is 1. The van der Waals surface area contributed by atoms with E-state index < -0.39 is 0 Å². The van der Waals surface area contributed by atoms with E-state index in [2.05, 4.69) is 20.9 Å². The number of pyridine rings is 1. The number of carbonyl (C=O) groups is 1. The average Bonchev–Trinajstić information content (AvgIpc) is 2.73. The van der Waals surface area contributed by atoms with E-state index >= 15 is 0 Å². The molecule has 0 bridgehead atoms. The summed E-state index contributed by atoms with van der Waals surface area (Å²) in [6.07, 6.45) is 2.63. The van der Waals surface area contributed by atoms with Crippen LogP contribution in [0.1, 0.15) is 23.7 Å². The van der Waals surface area contributed by atoms with Crippen molar-refractivity contribution in [1.29, 1.82) is 0 Å². The van der Waals surface area contributed by atoms with Crippen molar-refractivity contribution in [3.8, 4) is 0 Å². The van der Waals surface area contributed by atoms with Crippen molar-refractivity contribution in [1.82, 2.24) is 9.88 Å². The minimum atomic E-state index is 0.00968. The minimum absolute atomic E-state index is 0.00968. The Balaban J connectivity index is 2.14. The van der Waals surface area contributed by atoms with E-state index in [1.54, 1.807) is 23.2 Å². The van der Waals surface area contributed by atoms with Crippen LogP contribution in [0.25, 0.3) is 0 Å². The molecule has 92 valence electrons. The summed E-state index contributed by atoms with van der Waals surface area (Å²) in [6.45, 7) is 2.73. The quantitative estimate of drug-likeness (QED) is 0.785. The molecule has 0 aromatic carbocycles. The Morgan fingerprint density at radius 3 is 3.00 bits per heavy atom. The fraction of sp³-hybridized carbons (Fsp3) is 0.500. The number of amides is 1. The van der Waals surface area contributed by atoms with Gasteiger partial charge in [-0.25, -0.2) is 4.98 Å². The molecule has 0 saturated carbocycles. The molecule has 2 rings (SSSR count). The highest BCUT2D eigenvalue weighted by atomic mass is 79.9. The Morgan fingerprint density at radius 2 is 2.41 bits per heavy atom. The van der Waals surface area contributed by atoms with Crippen LogP contribution in [0.3, 0.4) is 0 Å². The Kier molecular flexibility index (Phi) is 3.79. The van der Waals surface area contributed by atoms with Gasteiger partial charge in [0, 0.05) is 25.4 Å². The van der Waals surface area contributed by atoms with Gasteiger partial charge in [0.1, 0.15) is 4.60 Å². The molecular formula is C12H15BrN2O2. The molecule has 1 aromatic heterocycles. The van der Waals surface area contributed by atoms with Gasteiger partial charge in [-0.05, 0) is 41.4 Å². The van der Waals surface area contributed by atoms with Gasteiger partial charge in [0.25, 0.3) is 5.91 Å². The third-order valence-electron chi connectivity index (χ3n) is 3.13. The summed E-state index contributed by atoms with van der Waals surface area (Å²) in [6, 6.07) is 3.62. The van der Waals surface area contributed by atoms with Gasteiger partial charge in [0.05, 0.1) is 12.1 Å². The molecule has 1 amide bonds. The smallest absolute Gasteiger partial charge is 0.254 e. The van der Waals surface area contributed by atoms with E-state index in [0.29, 0.717) is 10.2 Å². The van der Waals surface area contributed by atoms with Crippen LogP contribution >= 0.6 is 15.9 Å². The first-order valence-electron chi connectivity index (χ1n) is 5.60. The fourth-order valence-electron chi connectivity index (χ4n) is 2.12. The van der Waals surface area contributed by atoms with Crippen LogP contribution in [0.15, 0.2) is 22.9 Å². The highest BCUT2D eigenvalue weighted by Gasteiger charge is 2.30. The maximum absolute atomic E-state index is 12.3. The van der Waals surface area contributed by atoms with Crippen molar-refractivity contribution in [2.24, 2.45) is 0 Å². The van der Waals surface area contributed by atoms with Crippen molar-refractivity contribution >= 4 is 21.8 Å². The highest BCUT2D eigenvalue weighted by molar-refractivity contribution is 9.10. The van der Waals surface area contributed by atoms with Crippen LogP contribution in [0, 0.1) is 0 Å². The van der Waals surface area contributed by atoms with Gasteiger partial charge in [0.15, 0.2) is 0 Å². The molecule has 0 N–H and O–H groups in total. The molecule has 1 aliphatic heterocycles. The van der Waals surface area contributed by atoms with Crippen LogP contribution in [0.2, 0.25) is 0 Å². The first-order valence-corrected chi connectivity index (χ1v) is 6.39. The zero-order chi connectivity index (χ0) is 12.4. The molecule has 1 aromatic rings. The minimum Gasteiger partial charge on any atom is -0.376 e. The van der Waals surface area contributed by atoms with E-state index in [0.717, 1.165) is 13.0 Å². The SMILES string of the molecule is CC1OCCC1N(C)C(=O)c1ccnc(Br)c1. The van der Waals surface area contributed by atoms with E-state index in [1.165, 1.54) is 0 Å². The number of ether oxygens (including phenoxy) is 1. The molecular weight excluding hydrogens is 284 g/mol. The van der Waals surface area contributed by atoms with Gasteiger partial charge in [0.2, 0.25) is 0 Å². The molecule has 0 aliphatic carbocycles. The monoisotopic (exact) mass is 298 g/mol. The lowest BCUT2D eigenvalue weighted by molar-refractivity contribution is 0.0574. The largest absolute Gasteiger partial charge is 0.376 e. The normalized spacial score (nSPS) is 23.7. The molecule has 0 radical (unpaired) electrons. The third kappa shape index (κ3) is 2.66. The van der Waals surface area contributed by atoms with Gasteiger partial charge in [-0.15, -0.1) is 0 Å². The van der Waals surface area contributed by atoms with Gasteiger partial charge >= 0.3 is 0 Å². The number of halogens is 1. The predicted molar refractivity (Wildman–Crippen MR) is 67.8 cm³/mol. The highest BCUT2D eigenvalue weighted by Crippen LogP contribution is 2.20. The summed E-state index contributed by atoms with van der Waals surface area (Å²) >= 11 is 3.27. The van der Waals surface area contributed by atoms with Crippen LogP contribution in [0.4, 0.5) is 0 Å². The number of nitrogens with zero attached hydrogens (tertiary/aromatic N) is 2. The Hall–Kier alpha value is -0.940. The summed E-state index contributed by atoms with van der Waals surface area (Å²) in [7, 11) is 1.83. The number of hydrogen-bond acceptors (Lipinski definition) is 3. The Labute approximate surface area is 109 Å². The van der Waals surface area contributed by atoms with Gasteiger partial charge < -0.3 is 9.64 Å². The molecule has 5 heteroatoms. The van der Waals surface area contributed by atoms with Crippen molar-refractivity contribution in [3.05, 3.63) is 28.5 Å². The molecule has 1 fully saturated rings. The summed E-state index contributed by atoms with van der Waals surface area (Å²) in [5, 5.41) is 0. The lowest BCUT2D eigenvalue weighted by Crippen LogP contribution is -2.41. The second-order valence-corrected chi connectivity index (χ2v) is 5.03. The van der Waals surface area contributed by atoms with Crippen LogP contribution in [-0.4, -0.2) is 41.6 Å². The van der Waals surface area contributed by atoms with Gasteiger partial charge in [-0.2, -0.15) is 0 Å². The zero-order valence-corrected chi connectivity index (χ0v) is 11.5. The van der Waals surface area contributed by atoms with Crippen molar-refractivity contribution in [2.45, 2.75) is 25.5 Å². The molecule has 2 unspecified atom stereocenters. The van der Waals surface area contributed by atoms with Crippen LogP contribution in [0.5, 0.6) is 0 Å². The fourth-order valence-corrected chi connectivity index (χ4v) is 2.48. The van der Waals surface area contributed by atoms with Gasteiger partial charge in [-0.3, -0.25) is 4.79 Å². The first kappa shape index (κ1) is 12.5. The van der Waals surface area contributed by atoms with E-state index in [4.69, 9.17) is 4.74 Å². The third-order valence-corrected chi connectivity index (χ3v) is 3.56. The van der Waals surface area contributed by atoms with Gasteiger partial charge in [-0.1, -0.05) is 0 Å². The number of carbonyl (C=O) groups excluding carboxylic acids is 1. The molecule has 2 atom stereocenters. The summed E-state index contributed by atoms with van der Waals surface area (Å²) in [4.78, 5) is 18.0. The molecule has 4 nitrogen and oxygen atoms in total. The second-order valence-electron chi connectivity index (χ2n) is 4.22. The average molecular weight is 299 g/mol. The van der Waals surface area contributed by atoms with Crippen molar-refractivity contribution < 1.29 is 9.53 Å². The lowest BCUT2D eigenvalue weighted by atomic mass is 10.1. The van der Waals surface area contributed by atoms with Crippen LogP contribution < -0.4 is 0 Å². The molecule has 17 heavy (non-hydrogen) atoms. The maximum Gasteiger partial charge on any atom is 0.254 e. The standard InChI is InChI=1S/C12H15BrN2O2/c1-8-10(4-6-17-8)15(2)12(16)9-3-5-14-11(13)7-9/h3,5,7-8,10H,4,6H2,1-2H3. The van der Waals surface area contributed by atoms with E-state index in [-0.39, 0.29) is 18.1 Å². The number of hydrogen-bond donors (Lipinski definition) is 0. The zero-order valence-electron chi connectivity index (χ0n) is 9.89. The van der Waals surface area contributed by atoms with Crippen molar-refractivity contribution in [2.75, 3.05) is 13.7 Å². The van der Waals surface area contributed by atoms with E-state index in [1.807, 2.05) is 14.0 Å². The Bertz CT molecular complexity index is 425. The van der Waals surface area contributed by atoms with E-state index in [9.17, 15) is 4.79 Å². The molecule has 1 saturated heterocycles. The van der Waals surface area contributed by atoms with Crippen molar-refractivity contribution in [3.63, 3.8) is 0 Å². The lowest BCUT2D eigenvalue weighted by Gasteiger charge is -2.26. The molecule has 2 heterocycles. The molecule has 0 spiro atoms. The topological polar surface area (TPSA) is 42.4 Å². The second kappa shape index (κ2) is 5.14. The number of rotatable bonds is 2.